The molecule has 1 aliphatic heterocycles. The Morgan fingerprint density at radius 3 is 2.68 bits per heavy atom. The minimum absolute atomic E-state index is 0.0393. The first-order valence-corrected chi connectivity index (χ1v) is 8.52. The largest absolute Gasteiger partial charge is 0.391 e. The Morgan fingerprint density at radius 1 is 1.42 bits per heavy atom. The average molecular weight is 305 g/mol. The van der Waals surface area contributed by atoms with Crippen LogP contribution in [0.5, 0.6) is 0 Å². The molecule has 7 heteroatoms. The Labute approximate surface area is 117 Å². The molecule has 1 fully saturated rings. The van der Waals surface area contributed by atoms with Gasteiger partial charge >= 0.3 is 0 Å². The lowest BCUT2D eigenvalue weighted by Crippen LogP contribution is -2.39. The quantitative estimate of drug-likeness (QED) is 0.860. The fraction of sp³-hybridized carbons (Fsp3) is 0.667. The molecule has 0 unspecified atom stereocenters. The maximum Gasteiger partial charge on any atom is 0.250 e. The van der Waals surface area contributed by atoms with Crippen LogP contribution in [0.1, 0.15) is 24.6 Å². The van der Waals surface area contributed by atoms with Gasteiger partial charge in [-0.2, -0.15) is 0 Å². The van der Waals surface area contributed by atoms with E-state index in [1.165, 1.54) is 6.07 Å². The predicted molar refractivity (Wildman–Crippen MR) is 73.6 cm³/mol. The van der Waals surface area contributed by atoms with Crippen molar-refractivity contribution in [2.45, 2.75) is 30.6 Å². The first-order valence-electron chi connectivity index (χ1n) is 6.22. The number of aliphatic hydroxyl groups is 1. The highest BCUT2D eigenvalue weighted by Crippen LogP contribution is 2.29. The van der Waals surface area contributed by atoms with Crippen LogP contribution in [-0.2, 0) is 21.4 Å². The van der Waals surface area contributed by atoms with Crippen LogP contribution in [0.3, 0.4) is 0 Å². The van der Waals surface area contributed by atoms with Crippen LogP contribution in [0, 0.1) is 5.41 Å². The van der Waals surface area contributed by atoms with Crippen molar-refractivity contribution in [1.29, 1.82) is 0 Å². The van der Waals surface area contributed by atoms with E-state index in [0.717, 1.165) is 24.2 Å². The molecular formula is C12H19NO4S2. The van der Waals surface area contributed by atoms with Gasteiger partial charge in [0.25, 0.3) is 0 Å². The molecule has 0 spiro atoms. The molecule has 0 atom stereocenters. The Bertz CT molecular complexity index is 518. The van der Waals surface area contributed by atoms with Gasteiger partial charge in [-0.1, -0.05) is 6.92 Å². The molecule has 0 amide bonds. The maximum atomic E-state index is 12.1. The molecule has 5 nitrogen and oxygen atoms in total. The van der Waals surface area contributed by atoms with Gasteiger partial charge in [-0.3, -0.25) is 0 Å². The number of sulfonamides is 1. The summed E-state index contributed by atoms with van der Waals surface area (Å²) in [6, 6.07) is 3.17. The lowest BCUT2D eigenvalue weighted by atomic mass is 9.83. The van der Waals surface area contributed by atoms with Crippen LogP contribution in [0.15, 0.2) is 16.3 Å². The molecular weight excluding hydrogens is 286 g/mol. The Hall–Kier alpha value is -0.470. The van der Waals surface area contributed by atoms with Crippen LogP contribution >= 0.6 is 11.3 Å². The zero-order valence-corrected chi connectivity index (χ0v) is 12.5. The van der Waals surface area contributed by atoms with Crippen molar-refractivity contribution in [3.8, 4) is 0 Å². The van der Waals surface area contributed by atoms with E-state index < -0.39 is 10.0 Å². The highest BCUT2D eigenvalue weighted by atomic mass is 32.2. The lowest BCUT2D eigenvalue weighted by molar-refractivity contribution is 0.0265. The highest BCUT2D eigenvalue weighted by molar-refractivity contribution is 7.91. The highest BCUT2D eigenvalue weighted by Gasteiger charge is 2.29. The summed E-state index contributed by atoms with van der Waals surface area (Å²) < 4.78 is 32.5. The van der Waals surface area contributed by atoms with Gasteiger partial charge in [-0.15, -0.1) is 11.3 Å². The summed E-state index contributed by atoms with van der Waals surface area (Å²) in [6.07, 6.45) is 1.73. The zero-order chi connectivity index (χ0) is 13.9. The van der Waals surface area contributed by atoms with Crippen LogP contribution in [0.25, 0.3) is 0 Å². The monoisotopic (exact) mass is 305 g/mol. The molecule has 2 N–H and O–H groups in total. The summed E-state index contributed by atoms with van der Waals surface area (Å²) in [5.41, 5.74) is -0.0393. The van der Waals surface area contributed by atoms with Crippen LogP contribution in [-0.4, -0.2) is 33.3 Å². The number of aliphatic hydroxyl groups excluding tert-OH is 1. The molecule has 0 aromatic carbocycles. The average Bonchev–Trinajstić information content (AvgIpc) is 2.87. The van der Waals surface area contributed by atoms with Gasteiger partial charge in [0.15, 0.2) is 0 Å². The third-order valence-electron chi connectivity index (χ3n) is 3.45. The number of hydrogen-bond acceptors (Lipinski definition) is 5. The van der Waals surface area contributed by atoms with Crippen molar-refractivity contribution in [3.05, 3.63) is 17.0 Å². The SMILES string of the molecule is CC1(CNS(=O)(=O)c2ccc(CO)s2)CCOCC1. The van der Waals surface area contributed by atoms with Crippen molar-refractivity contribution >= 4 is 21.4 Å². The summed E-state index contributed by atoms with van der Waals surface area (Å²) in [6.45, 7) is 3.74. The van der Waals surface area contributed by atoms with E-state index in [1.54, 1.807) is 6.07 Å². The van der Waals surface area contributed by atoms with Gasteiger partial charge in [0.2, 0.25) is 10.0 Å². The molecule has 19 heavy (non-hydrogen) atoms. The molecule has 1 aromatic rings. The summed E-state index contributed by atoms with van der Waals surface area (Å²) >= 11 is 1.10. The van der Waals surface area contributed by atoms with Gasteiger partial charge in [0.1, 0.15) is 4.21 Å². The maximum absolute atomic E-state index is 12.1. The van der Waals surface area contributed by atoms with Crippen LogP contribution in [0.2, 0.25) is 0 Å². The molecule has 108 valence electrons. The van der Waals surface area contributed by atoms with Gasteiger partial charge in [0, 0.05) is 24.6 Å². The number of ether oxygens (including phenoxy) is 1. The number of nitrogens with one attached hydrogen (secondary N) is 1. The van der Waals surface area contributed by atoms with E-state index in [2.05, 4.69) is 11.6 Å². The fourth-order valence-corrected chi connectivity index (χ4v) is 4.43. The predicted octanol–water partition coefficient (Wildman–Crippen LogP) is 1.34. The zero-order valence-electron chi connectivity index (χ0n) is 10.9. The third kappa shape index (κ3) is 3.76. The molecule has 0 saturated carbocycles. The third-order valence-corrected chi connectivity index (χ3v) is 6.41. The molecule has 2 rings (SSSR count). The van der Waals surface area contributed by atoms with Crippen molar-refractivity contribution in [2.24, 2.45) is 5.41 Å². The van der Waals surface area contributed by atoms with E-state index in [1.807, 2.05) is 0 Å². The topological polar surface area (TPSA) is 75.6 Å². The molecule has 1 aliphatic rings. The van der Waals surface area contributed by atoms with Gasteiger partial charge in [0.05, 0.1) is 6.61 Å². The van der Waals surface area contributed by atoms with E-state index >= 15 is 0 Å². The van der Waals surface area contributed by atoms with Gasteiger partial charge < -0.3 is 9.84 Å². The molecule has 1 saturated heterocycles. The first-order chi connectivity index (χ1) is 8.95. The van der Waals surface area contributed by atoms with E-state index in [0.29, 0.717) is 24.6 Å². The minimum Gasteiger partial charge on any atom is -0.391 e. The molecule has 0 aliphatic carbocycles. The van der Waals surface area contributed by atoms with E-state index in [9.17, 15) is 8.42 Å². The van der Waals surface area contributed by atoms with E-state index in [4.69, 9.17) is 9.84 Å². The molecule has 2 heterocycles. The van der Waals surface area contributed by atoms with Crippen LogP contribution < -0.4 is 4.72 Å². The smallest absolute Gasteiger partial charge is 0.250 e. The van der Waals surface area contributed by atoms with Crippen molar-refractivity contribution in [1.82, 2.24) is 4.72 Å². The van der Waals surface area contributed by atoms with Crippen molar-refractivity contribution in [3.63, 3.8) is 0 Å². The normalized spacial score (nSPS) is 19.5. The van der Waals surface area contributed by atoms with Gasteiger partial charge in [-0.25, -0.2) is 13.1 Å². The summed E-state index contributed by atoms with van der Waals surface area (Å²) in [5, 5.41) is 8.97. The standard InChI is InChI=1S/C12H19NO4S2/c1-12(4-6-17-7-5-12)9-13-19(15,16)11-3-2-10(8-14)18-11/h2-3,13-14H,4-9H2,1H3. The fourth-order valence-electron chi connectivity index (χ4n) is 1.97. The number of thiophene rings is 1. The van der Waals surface area contributed by atoms with Crippen LogP contribution in [0.4, 0.5) is 0 Å². The summed E-state index contributed by atoms with van der Waals surface area (Å²) in [4.78, 5) is 0.651. The second-order valence-corrected chi connectivity index (χ2v) is 8.29. The lowest BCUT2D eigenvalue weighted by Gasteiger charge is -2.33. The second-order valence-electron chi connectivity index (χ2n) is 5.13. The molecule has 0 radical (unpaired) electrons. The Morgan fingerprint density at radius 2 is 2.11 bits per heavy atom. The number of hydrogen-bond donors (Lipinski definition) is 2. The Balaban J connectivity index is 2.01. The summed E-state index contributed by atoms with van der Waals surface area (Å²) in [7, 11) is -3.47. The summed E-state index contributed by atoms with van der Waals surface area (Å²) in [5.74, 6) is 0. The minimum atomic E-state index is -3.47. The molecule has 0 bridgehead atoms. The first kappa shape index (κ1) is 14.9. The van der Waals surface area contributed by atoms with Crippen molar-refractivity contribution < 1.29 is 18.3 Å². The Kier molecular flexibility index (Phi) is 4.62. The molecule has 1 aromatic heterocycles. The number of rotatable bonds is 5. The van der Waals surface area contributed by atoms with E-state index in [-0.39, 0.29) is 16.2 Å². The van der Waals surface area contributed by atoms with Gasteiger partial charge in [-0.05, 0) is 30.4 Å². The van der Waals surface area contributed by atoms with Crippen molar-refractivity contribution in [2.75, 3.05) is 19.8 Å². The second kappa shape index (κ2) is 5.88.